The summed E-state index contributed by atoms with van der Waals surface area (Å²) in [5.74, 6) is 0. The maximum Gasteiger partial charge on any atom is 0.129 e. The summed E-state index contributed by atoms with van der Waals surface area (Å²) in [6.45, 7) is 0. The molecule has 0 rings (SSSR count). The molecule has 3 heteroatoms. The molecule has 0 fully saturated rings. The van der Waals surface area contributed by atoms with Gasteiger partial charge < -0.3 is 5.32 Å². The summed E-state index contributed by atoms with van der Waals surface area (Å²) in [4.78, 5) is 0. The number of hydrogen-bond donors (Lipinski definition) is 1. The normalized spacial score (nSPS) is 7.90. The second-order valence-corrected chi connectivity index (χ2v) is 1.45. The summed E-state index contributed by atoms with van der Waals surface area (Å²) < 4.78 is 0. The number of hydrogen-bond acceptors (Lipinski definition) is 3. The molecule has 0 aromatic rings. The van der Waals surface area contributed by atoms with Gasteiger partial charge in [-0.25, -0.2) is 0 Å². The Labute approximate surface area is 59.9 Å². The van der Waals surface area contributed by atoms with Crippen LogP contribution in [0.15, 0.2) is 23.9 Å². The zero-order chi connectivity index (χ0) is 7.82. The van der Waals surface area contributed by atoms with Gasteiger partial charge >= 0.3 is 0 Å². The Morgan fingerprint density at radius 1 is 1.40 bits per heavy atom. The first-order valence-corrected chi connectivity index (χ1v) is 2.69. The van der Waals surface area contributed by atoms with Crippen molar-refractivity contribution < 1.29 is 0 Å². The van der Waals surface area contributed by atoms with Gasteiger partial charge in [0.15, 0.2) is 0 Å². The van der Waals surface area contributed by atoms with Crippen molar-refractivity contribution in [2.24, 2.45) is 0 Å². The summed E-state index contributed by atoms with van der Waals surface area (Å²) in [5.41, 5.74) is 0.103. The second-order valence-electron chi connectivity index (χ2n) is 1.45. The zero-order valence-corrected chi connectivity index (χ0v) is 5.63. The highest BCUT2D eigenvalue weighted by molar-refractivity contribution is 5.37. The predicted molar refractivity (Wildman–Crippen MR) is 37.5 cm³/mol. The SMILES string of the molecule is CN/C=C/C=C(C#N)C#N. The molecule has 0 saturated carbocycles. The lowest BCUT2D eigenvalue weighted by molar-refractivity contribution is 1.10. The third-order valence-corrected chi connectivity index (χ3v) is 0.767. The van der Waals surface area contributed by atoms with Gasteiger partial charge in [-0.2, -0.15) is 10.5 Å². The molecule has 50 valence electrons. The third-order valence-electron chi connectivity index (χ3n) is 0.767. The average molecular weight is 133 g/mol. The first-order chi connectivity index (χ1) is 4.85. The molecule has 0 atom stereocenters. The molecule has 0 aromatic carbocycles. The molecule has 0 heterocycles. The van der Waals surface area contributed by atoms with Crippen LogP contribution in [0.3, 0.4) is 0 Å². The molecule has 0 amide bonds. The highest BCUT2D eigenvalue weighted by Gasteiger charge is 1.84. The van der Waals surface area contributed by atoms with E-state index >= 15 is 0 Å². The van der Waals surface area contributed by atoms with Crippen molar-refractivity contribution in [3.63, 3.8) is 0 Å². The second kappa shape index (κ2) is 5.40. The summed E-state index contributed by atoms with van der Waals surface area (Å²) in [6.07, 6.45) is 4.67. The fourth-order valence-electron chi connectivity index (χ4n) is 0.340. The van der Waals surface area contributed by atoms with E-state index in [2.05, 4.69) is 5.32 Å². The first kappa shape index (κ1) is 8.26. The highest BCUT2D eigenvalue weighted by Crippen LogP contribution is 1.87. The van der Waals surface area contributed by atoms with Gasteiger partial charge in [0.2, 0.25) is 0 Å². The van der Waals surface area contributed by atoms with Crippen LogP contribution in [0.2, 0.25) is 0 Å². The molecule has 0 aromatic heterocycles. The molecule has 0 aliphatic carbocycles. The maximum absolute atomic E-state index is 8.23. The molecule has 0 aliphatic rings. The van der Waals surface area contributed by atoms with E-state index in [-0.39, 0.29) is 5.57 Å². The van der Waals surface area contributed by atoms with Gasteiger partial charge in [0.05, 0.1) is 0 Å². The molecule has 0 bridgehead atoms. The first-order valence-electron chi connectivity index (χ1n) is 2.69. The van der Waals surface area contributed by atoms with E-state index in [1.54, 1.807) is 31.5 Å². The van der Waals surface area contributed by atoms with E-state index in [9.17, 15) is 0 Å². The van der Waals surface area contributed by atoms with Crippen molar-refractivity contribution in [2.75, 3.05) is 7.05 Å². The Hall–Kier alpha value is -1.74. The lowest BCUT2D eigenvalue weighted by atomic mass is 10.3. The van der Waals surface area contributed by atoms with Gasteiger partial charge in [-0.15, -0.1) is 0 Å². The molecule has 0 spiro atoms. The zero-order valence-electron chi connectivity index (χ0n) is 5.63. The van der Waals surface area contributed by atoms with E-state index in [0.29, 0.717) is 0 Å². The fraction of sp³-hybridized carbons (Fsp3) is 0.143. The molecular weight excluding hydrogens is 126 g/mol. The Morgan fingerprint density at radius 3 is 2.40 bits per heavy atom. The molecule has 0 unspecified atom stereocenters. The van der Waals surface area contributed by atoms with Gasteiger partial charge in [-0.3, -0.25) is 0 Å². The van der Waals surface area contributed by atoms with E-state index < -0.39 is 0 Å². The van der Waals surface area contributed by atoms with Crippen molar-refractivity contribution in [3.8, 4) is 12.1 Å². The number of nitrogens with one attached hydrogen (secondary N) is 1. The minimum Gasteiger partial charge on any atom is -0.394 e. The molecule has 0 saturated heterocycles. The quantitative estimate of drug-likeness (QED) is 0.445. The number of nitriles is 2. The highest BCUT2D eigenvalue weighted by atomic mass is 14.8. The van der Waals surface area contributed by atoms with Crippen molar-refractivity contribution in [1.82, 2.24) is 5.32 Å². The van der Waals surface area contributed by atoms with Crippen LogP contribution in [0.4, 0.5) is 0 Å². The largest absolute Gasteiger partial charge is 0.394 e. The molecule has 0 radical (unpaired) electrons. The Kier molecular flexibility index (Phi) is 4.46. The maximum atomic E-state index is 8.23. The van der Waals surface area contributed by atoms with E-state index in [0.717, 1.165) is 0 Å². The van der Waals surface area contributed by atoms with Crippen molar-refractivity contribution >= 4 is 0 Å². The van der Waals surface area contributed by atoms with Crippen LogP contribution in [-0.4, -0.2) is 7.05 Å². The summed E-state index contributed by atoms with van der Waals surface area (Å²) in [5, 5.41) is 19.2. The van der Waals surface area contributed by atoms with Crippen LogP contribution < -0.4 is 5.32 Å². The Bertz CT molecular complexity index is 208. The summed E-state index contributed by atoms with van der Waals surface area (Å²) >= 11 is 0. The number of allylic oxidation sites excluding steroid dienone is 3. The Morgan fingerprint density at radius 2 is 2.00 bits per heavy atom. The van der Waals surface area contributed by atoms with E-state index in [1.807, 2.05) is 0 Å². The standard InChI is InChI=1S/C7H7N3/c1-10-4-2-3-7(5-8)6-9/h2-4,10H,1H3/b4-2+. The number of rotatable bonds is 2. The van der Waals surface area contributed by atoms with Gasteiger partial charge in [0.1, 0.15) is 17.7 Å². The van der Waals surface area contributed by atoms with E-state index in [4.69, 9.17) is 10.5 Å². The number of nitrogens with zero attached hydrogens (tertiary/aromatic N) is 2. The lowest BCUT2D eigenvalue weighted by Gasteiger charge is -1.79. The topological polar surface area (TPSA) is 59.6 Å². The van der Waals surface area contributed by atoms with Gasteiger partial charge in [0.25, 0.3) is 0 Å². The van der Waals surface area contributed by atoms with Crippen LogP contribution in [0.5, 0.6) is 0 Å². The van der Waals surface area contributed by atoms with Gasteiger partial charge in [0, 0.05) is 7.05 Å². The Balaban J connectivity index is 4.07. The van der Waals surface area contributed by atoms with Crippen molar-refractivity contribution in [2.45, 2.75) is 0 Å². The lowest BCUT2D eigenvalue weighted by Crippen LogP contribution is -1.89. The molecule has 1 N–H and O–H groups in total. The van der Waals surface area contributed by atoms with E-state index in [1.165, 1.54) is 6.08 Å². The average Bonchev–Trinajstić information content (AvgIpc) is 1.99. The minimum absolute atomic E-state index is 0.103. The summed E-state index contributed by atoms with van der Waals surface area (Å²) in [7, 11) is 1.74. The predicted octanol–water partition coefficient (Wildman–Crippen LogP) is 0.693. The van der Waals surface area contributed by atoms with Crippen LogP contribution in [0.25, 0.3) is 0 Å². The molecule has 3 nitrogen and oxygen atoms in total. The van der Waals surface area contributed by atoms with Crippen LogP contribution in [-0.2, 0) is 0 Å². The van der Waals surface area contributed by atoms with Crippen molar-refractivity contribution in [1.29, 1.82) is 10.5 Å². The third kappa shape index (κ3) is 3.29. The summed E-state index contributed by atoms with van der Waals surface area (Å²) in [6, 6.07) is 3.46. The smallest absolute Gasteiger partial charge is 0.129 e. The van der Waals surface area contributed by atoms with Crippen LogP contribution in [0.1, 0.15) is 0 Å². The van der Waals surface area contributed by atoms with Crippen LogP contribution in [0, 0.1) is 22.7 Å². The monoisotopic (exact) mass is 133 g/mol. The minimum atomic E-state index is 0.103. The van der Waals surface area contributed by atoms with Crippen molar-refractivity contribution in [3.05, 3.63) is 23.9 Å². The molecule has 0 aliphatic heterocycles. The molecular formula is C7H7N3. The fourth-order valence-corrected chi connectivity index (χ4v) is 0.340. The van der Waals surface area contributed by atoms with Gasteiger partial charge in [-0.1, -0.05) is 0 Å². The molecule has 10 heavy (non-hydrogen) atoms. The van der Waals surface area contributed by atoms with Crippen LogP contribution >= 0.6 is 0 Å². The van der Waals surface area contributed by atoms with Gasteiger partial charge in [-0.05, 0) is 18.4 Å².